The van der Waals surface area contributed by atoms with Gasteiger partial charge in [-0.3, -0.25) is 9.78 Å². The maximum Gasteiger partial charge on any atom is 0.321 e. The van der Waals surface area contributed by atoms with Crippen LogP contribution in [0.1, 0.15) is 12.5 Å². The lowest BCUT2D eigenvalue weighted by atomic mass is 9.94. The summed E-state index contributed by atoms with van der Waals surface area (Å²) < 4.78 is 0. The van der Waals surface area contributed by atoms with Crippen LogP contribution in [-0.4, -0.2) is 42.3 Å². The van der Waals surface area contributed by atoms with Gasteiger partial charge in [0.2, 0.25) is 0 Å². The lowest BCUT2D eigenvalue weighted by Crippen LogP contribution is -2.27. The molecule has 1 atom stereocenters. The molecule has 0 radical (unpaired) electrons. The third-order valence-corrected chi connectivity index (χ3v) is 4.00. The summed E-state index contributed by atoms with van der Waals surface area (Å²) in [5, 5.41) is 6.12. The summed E-state index contributed by atoms with van der Waals surface area (Å²) in [6.07, 6.45) is 6.12. The fraction of sp³-hybridized carbons (Fsp3) is 0.211. The summed E-state index contributed by atoms with van der Waals surface area (Å²) in [6.45, 7) is 2.00. The number of aldehydes is 1. The number of hydrogen-bond donors (Lipinski definition) is 2. The lowest BCUT2D eigenvalue weighted by Gasteiger charge is -2.22. The predicted molar refractivity (Wildman–Crippen MR) is 99.5 cm³/mol. The van der Waals surface area contributed by atoms with Crippen LogP contribution in [0.2, 0.25) is 0 Å². The van der Waals surface area contributed by atoms with Crippen LogP contribution in [0, 0.1) is 0 Å². The first kappa shape index (κ1) is 16.7. The van der Waals surface area contributed by atoms with Crippen molar-refractivity contribution >= 4 is 29.3 Å². The molecule has 2 heterocycles. The molecule has 0 bridgehead atoms. The van der Waals surface area contributed by atoms with Gasteiger partial charge in [-0.05, 0) is 30.7 Å². The van der Waals surface area contributed by atoms with E-state index in [4.69, 9.17) is 0 Å². The number of carbonyl (C=O) groups excluding carboxylic acids is 2. The van der Waals surface area contributed by atoms with Crippen molar-refractivity contribution in [3.63, 3.8) is 0 Å². The van der Waals surface area contributed by atoms with Crippen molar-refractivity contribution < 1.29 is 9.59 Å². The second kappa shape index (κ2) is 6.76. The third-order valence-electron chi connectivity index (χ3n) is 4.00. The number of rotatable bonds is 3. The van der Waals surface area contributed by atoms with Gasteiger partial charge < -0.3 is 15.5 Å². The van der Waals surface area contributed by atoms with E-state index in [1.54, 1.807) is 26.5 Å². The number of carbonyl (C=O) groups is 2. The van der Waals surface area contributed by atoms with E-state index >= 15 is 0 Å². The van der Waals surface area contributed by atoms with Gasteiger partial charge in [-0.25, -0.2) is 4.79 Å². The number of nitrogens with zero attached hydrogens (tertiary/aromatic N) is 2. The van der Waals surface area contributed by atoms with Crippen molar-refractivity contribution in [2.24, 2.45) is 0 Å². The zero-order valence-corrected chi connectivity index (χ0v) is 14.4. The summed E-state index contributed by atoms with van der Waals surface area (Å²) in [5.74, 6) is 0. The number of urea groups is 1. The Hall–Kier alpha value is -3.15. The van der Waals surface area contributed by atoms with Gasteiger partial charge in [0.25, 0.3) is 0 Å². The highest BCUT2D eigenvalue weighted by atomic mass is 16.2. The molecule has 1 aliphatic rings. The highest BCUT2D eigenvalue weighted by Crippen LogP contribution is 2.33. The standard InChI is InChI=1S/C19H20N4O2/c1-12-6-15(11-24)17-8-13(4-5-18(17)21-12)14-7-16(10-20-9-14)22-19(25)23(2)3/h4-12,21H,1-3H3,(H,22,25). The molecule has 2 N–H and O–H groups in total. The van der Waals surface area contributed by atoms with Crippen molar-refractivity contribution in [1.29, 1.82) is 0 Å². The molecule has 0 spiro atoms. The van der Waals surface area contributed by atoms with E-state index in [9.17, 15) is 9.59 Å². The molecule has 2 amide bonds. The molecule has 1 aliphatic heterocycles. The van der Waals surface area contributed by atoms with Gasteiger partial charge in [0.1, 0.15) is 6.29 Å². The van der Waals surface area contributed by atoms with Gasteiger partial charge in [-0.2, -0.15) is 0 Å². The summed E-state index contributed by atoms with van der Waals surface area (Å²) in [6, 6.07) is 7.66. The van der Waals surface area contributed by atoms with Crippen molar-refractivity contribution in [1.82, 2.24) is 9.88 Å². The van der Waals surface area contributed by atoms with Crippen molar-refractivity contribution in [3.8, 4) is 11.1 Å². The largest absolute Gasteiger partial charge is 0.379 e. The first-order chi connectivity index (χ1) is 12.0. The second-order valence-corrected chi connectivity index (χ2v) is 6.22. The zero-order chi connectivity index (χ0) is 18.0. The summed E-state index contributed by atoms with van der Waals surface area (Å²) in [4.78, 5) is 28.9. The number of benzene rings is 1. The average molecular weight is 336 g/mol. The molecular weight excluding hydrogens is 316 g/mol. The molecule has 0 saturated heterocycles. The topological polar surface area (TPSA) is 74.3 Å². The van der Waals surface area contributed by atoms with Gasteiger partial charge in [0, 0.05) is 48.7 Å². The zero-order valence-electron chi connectivity index (χ0n) is 14.4. The van der Waals surface area contributed by atoms with Crippen LogP contribution in [0.15, 0.2) is 42.7 Å². The first-order valence-corrected chi connectivity index (χ1v) is 7.99. The minimum absolute atomic E-state index is 0.116. The van der Waals surface area contributed by atoms with E-state index in [0.29, 0.717) is 11.3 Å². The number of fused-ring (bicyclic) bond motifs is 1. The molecule has 2 aromatic rings. The number of aromatic nitrogens is 1. The van der Waals surface area contributed by atoms with E-state index in [-0.39, 0.29) is 12.1 Å². The Balaban J connectivity index is 1.95. The van der Waals surface area contributed by atoms with E-state index in [1.807, 2.05) is 37.3 Å². The fourth-order valence-corrected chi connectivity index (χ4v) is 2.74. The highest BCUT2D eigenvalue weighted by molar-refractivity contribution is 6.11. The average Bonchev–Trinajstić information content (AvgIpc) is 2.60. The number of allylic oxidation sites excluding steroid dienone is 1. The summed E-state index contributed by atoms with van der Waals surface area (Å²) in [7, 11) is 3.36. The third kappa shape index (κ3) is 3.52. The highest BCUT2D eigenvalue weighted by Gasteiger charge is 2.16. The Morgan fingerprint density at radius 2 is 2.04 bits per heavy atom. The Morgan fingerprint density at radius 3 is 2.76 bits per heavy atom. The van der Waals surface area contributed by atoms with Crippen LogP contribution in [0.4, 0.5) is 16.2 Å². The Morgan fingerprint density at radius 1 is 1.24 bits per heavy atom. The van der Waals surface area contributed by atoms with Crippen LogP contribution in [0.3, 0.4) is 0 Å². The Bertz CT molecular complexity index is 858. The van der Waals surface area contributed by atoms with Crippen LogP contribution >= 0.6 is 0 Å². The summed E-state index contributed by atoms with van der Waals surface area (Å²) >= 11 is 0. The van der Waals surface area contributed by atoms with E-state index in [1.165, 1.54) is 4.90 Å². The van der Waals surface area contributed by atoms with Gasteiger partial charge in [-0.15, -0.1) is 0 Å². The van der Waals surface area contributed by atoms with Crippen LogP contribution in [0.25, 0.3) is 16.7 Å². The normalized spacial score (nSPS) is 15.5. The molecule has 1 aromatic heterocycles. The molecular formula is C19H20N4O2. The molecule has 3 rings (SSSR count). The molecule has 1 aromatic carbocycles. The molecule has 6 heteroatoms. The first-order valence-electron chi connectivity index (χ1n) is 7.99. The smallest absolute Gasteiger partial charge is 0.321 e. The number of nitrogens with one attached hydrogen (secondary N) is 2. The number of hydrogen-bond acceptors (Lipinski definition) is 4. The van der Waals surface area contributed by atoms with Crippen molar-refractivity contribution in [3.05, 3.63) is 48.3 Å². The van der Waals surface area contributed by atoms with Gasteiger partial charge in [0.15, 0.2) is 0 Å². The minimum Gasteiger partial charge on any atom is -0.379 e. The van der Waals surface area contributed by atoms with Crippen LogP contribution < -0.4 is 10.6 Å². The van der Waals surface area contributed by atoms with Gasteiger partial charge in [0.05, 0.1) is 11.9 Å². The van der Waals surface area contributed by atoms with Crippen molar-refractivity contribution in [2.45, 2.75) is 13.0 Å². The predicted octanol–water partition coefficient (Wildman–Crippen LogP) is 3.24. The number of amides is 2. The maximum absolute atomic E-state index is 11.8. The number of pyridine rings is 1. The number of anilines is 2. The molecule has 0 fully saturated rings. The fourth-order valence-electron chi connectivity index (χ4n) is 2.74. The van der Waals surface area contributed by atoms with E-state index in [2.05, 4.69) is 15.6 Å². The molecule has 25 heavy (non-hydrogen) atoms. The molecule has 6 nitrogen and oxygen atoms in total. The minimum atomic E-state index is -0.214. The monoisotopic (exact) mass is 336 g/mol. The SMILES string of the molecule is CC1C=C(C=O)c2cc(-c3cncc(NC(=O)N(C)C)c3)ccc2N1. The van der Waals surface area contributed by atoms with E-state index < -0.39 is 0 Å². The van der Waals surface area contributed by atoms with Crippen molar-refractivity contribution in [2.75, 3.05) is 24.7 Å². The molecule has 1 unspecified atom stereocenters. The van der Waals surface area contributed by atoms with Gasteiger partial charge in [-0.1, -0.05) is 12.1 Å². The lowest BCUT2D eigenvalue weighted by molar-refractivity contribution is -0.103. The van der Waals surface area contributed by atoms with Crippen LogP contribution in [-0.2, 0) is 4.79 Å². The summed E-state index contributed by atoms with van der Waals surface area (Å²) in [5.41, 5.74) is 4.89. The second-order valence-electron chi connectivity index (χ2n) is 6.22. The van der Waals surface area contributed by atoms with Gasteiger partial charge >= 0.3 is 6.03 Å². The van der Waals surface area contributed by atoms with E-state index in [0.717, 1.165) is 28.7 Å². The molecule has 128 valence electrons. The Kier molecular flexibility index (Phi) is 4.52. The quantitative estimate of drug-likeness (QED) is 0.844. The molecule has 0 saturated carbocycles. The molecule has 0 aliphatic carbocycles. The van der Waals surface area contributed by atoms with Crippen LogP contribution in [0.5, 0.6) is 0 Å². The maximum atomic E-state index is 11.8. The Labute approximate surface area is 146 Å².